The van der Waals surface area contributed by atoms with Crippen LogP contribution in [0.4, 0.5) is 8.78 Å². The summed E-state index contributed by atoms with van der Waals surface area (Å²) in [6, 6.07) is 8.31. The van der Waals surface area contributed by atoms with Crippen LogP contribution in [-0.2, 0) is 20.9 Å². The molecule has 1 aromatic rings. The monoisotopic (exact) mass is 242 g/mol. The van der Waals surface area contributed by atoms with Crippen molar-refractivity contribution >= 4 is 11.9 Å². The van der Waals surface area contributed by atoms with Gasteiger partial charge in [0.2, 0.25) is 0 Å². The minimum absolute atomic E-state index is 0.264. The van der Waals surface area contributed by atoms with Crippen molar-refractivity contribution in [2.75, 3.05) is 0 Å². The lowest BCUT2D eigenvalue weighted by Crippen LogP contribution is -2.09. The molecular formula is C11H8F2O4. The van der Waals surface area contributed by atoms with Gasteiger partial charge in [0.25, 0.3) is 11.7 Å². The van der Waals surface area contributed by atoms with Gasteiger partial charge in [-0.15, -0.1) is 0 Å². The third-order valence-electron chi connectivity index (χ3n) is 1.77. The van der Waals surface area contributed by atoms with Crippen LogP contribution in [0, 0.1) is 0 Å². The van der Waals surface area contributed by atoms with Gasteiger partial charge >= 0.3 is 11.9 Å². The van der Waals surface area contributed by atoms with Gasteiger partial charge in [-0.25, -0.2) is 9.59 Å². The Bertz CT molecular complexity index is 454. The first-order valence-electron chi connectivity index (χ1n) is 4.52. The summed E-state index contributed by atoms with van der Waals surface area (Å²) in [6.45, 7) is -0.264. The van der Waals surface area contributed by atoms with Gasteiger partial charge in [-0.3, -0.25) is 0 Å². The average Bonchev–Trinajstić information content (AvgIpc) is 2.35. The van der Waals surface area contributed by atoms with Crippen LogP contribution in [-0.4, -0.2) is 17.0 Å². The molecule has 90 valence electrons. The summed E-state index contributed by atoms with van der Waals surface area (Å²) in [5.74, 6) is -8.01. The first-order valence-corrected chi connectivity index (χ1v) is 4.52. The van der Waals surface area contributed by atoms with Gasteiger partial charge in [0.05, 0.1) is 0 Å². The first-order chi connectivity index (χ1) is 8.02. The number of aliphatic carboxylic acids is 1. The van der Waals surface area contributed by atoms with E-state index in [-0.39, 0.29) is 6.61 Å². The number of ether oxygens (including phenoxy) is 1. The number of carboxylic acid groups (broad SMARTS) is 1. The topological polar surface area (TPSA) is 63.6 Å². The normalized spacial score (nSPS) is 11.6. The molecule has 0 aliphatic heterocycles. The molecule has 1 aromatic carbocycles. The maximum Gasteiger partial charge on any atom is 0.370 e. The molecule has 0 aliphatic rings. The maximum absolute atomic E-state index is 12.8. The van der Waals surface area contributed by atoms with Crippen LogP contribution in [0.5, 0.6) is 0 Å². The zero-order valence-electron chi connectivity index (χ0n) is 8.52. The van der Waals surface area contributed by atoms with E-state index in [1.807, 2.05) is 0 Å². The number of halogens is 2. The van der Waals surface area contributed by atoms with E-state index in [1.165, 1.54) is 0 Å². The second kappa shape index (κ2) is 5.74. The molecule has 0 bridgehead atoms. The fourth-order valence-electron chi connectivity index (χ4n) is 0.970. The molecule has 0 saturated carbocycles. The van der Waals surface area contributed by atoms with Crippen molar-refractivity contribution in [3.8, 4) is 0 Å². The zero-order chi connectivity index (χ0) is 12.8. The van der Waals surface area contributed by atoms with Crippen molar-refractivity contribution in [2.24, 2.45) is 0 Å². The highest BCUT2D eigenvalue weighted by Crippen LogP contribution is 2.11. The SMILES string of the molecule is O=C(O)/C(F)=C(/F)C(=O)OCc1ccccc1. The summed E-state index contributed by atoms with van der Waals surface area (Å²) in [7, 11) is 0. The molecule has 0 radical (unpaired) electrons. The molecule has 0 atom stereocenters. The van der Waals surface area contributed by atoms with Crippen LogP contribution < -0.4 is 0 Å². The molecule has 4 nitrogen and oxygen atoms in total. The zero-order valence-corrected chi connectivity index (χ0v) is 8.52. The Morgan fingerprint density at radius 2 is 1.71 bits per heavy atom. The summed E-state index contributed by atoms with van der Waals surface area (Å²) in [6.07, 6.45) is 0. The molecule has 0 aromatic heterocycles. The van der Waals surface area contributed by atoms with E-state index in [0.717, 1.165) is 0 Å². The summed E-state index contributed by atoms with van der Waals surface area (Å²) in [4.78, 5) is 20.9. The van der Waals surface area contributed by atoms with E-state index in [9.17, 15) is 18.4 Å². The predicted molar refractivity (Wildman–Crippen MR) is 53.1 cm³/mol. The van der Waals surface area contributed by atoms with Gasteiger partial charge in [-0.1, -0.05) is 30.3 Å². The number of carbonyl (C=O) groups is 2. The quantitative estimate of drug-likeness (QED) is 0.647. The van der Waals surface area contributed by atoms with Crippen LogP contribution in [0.1, 0.15) is 5.56 Å². The van der Waals surface area contributed by atoms with Gasteiger partial charge in [0.15, 0.2) is 0 Å². The molecule has 0 saturated heterocycles. The van der Waals surface area contributed by atoms with E-state index in [4.69, 9.17) is 5.11 Å². The number of esters is 1. The fourth-order valence-corrected chi connectivity index (χ4v) is 0.970. The standard InChI is InChI=1S/C11H8F2O4/c12-8(10(14)15)9(13)11(16)17-6-7-4-2-1-3-5-7/h1-5H,6H2,(H,14,15)/b9-8-. The van der Waals surface area contributed by atoms with Gasteiger partial charge in [0.1, 0.15) is 6.61 Å². The molecule has 1 rings (SSSR count). The van der Waals surface area contributed by atoms with Crippen LogP contribution in [0.15, 0.2) is 42.0 Å². The highest BCUT2D eigenvalue weighted by atomic mass is 19.2. The third kappa shape index (κ3) is 3.67. The van der Waals surface area contributed by atoms with E-state index < -0.39 is 23.6 Å². The van der Waals surface area contributed by atoms with E-state index in [1.54, 1.807) is 30.3 Å². The largest absolute Gasteiger partial charge is 0.476 e. The second-order valence-corrected chi connectivity index (χ2v) is 2.99. The summed E-state index contributed by atoms with van der Waals surface area (Å²) < 4.78 is 29.7. The number of carbonyl (C=O) groups excluding carboxylic acids is 1. The summed E-state index contributed by atoms with van der Waals surface area (Å²) in [5.41, 5.74) is 0.574. The Kier molecular flexibility index (Phi) is 4.33. The smallest absolute Gasteiger partial charge is 0.370 e. The molecule has 1 N–H and O–H groups in total. The van der Waals surface area contributed by atoms with Crippen molar-refractivity contribution < 1.29 is 28.2 Å². The van der Waals surface area contributed by atoms with E-state index >= 15 is 0 Å². The lowest BCUT2D eigenvalue weighted by Gasteiger charge is -2.02. The Balaban J connectivity index is 2.62. The highest BCUT2D eigenvalue weighted by Gasteiger charge is 2.22. The Morgan fingerprint density at radius 3 is 2.24 bits per heavy atom. The van der Waals surface area contributed by atoms with Gasteiger partial charge in [-0.2, -0.15) is 8.78 Å². The Morgan fingerprint density at radius 1 is 1.12 bits per heavy atom. The minimum atomic E-state index is -2.16. The van der Waals surface area contributed by atoms with Crippen LogP contribution >= 0.6 is 0 Å². The van der Waals surface area contributed by atoms with Crippen molar-refractivity contribution in [1.82, 2.24) is 0 Å². The third-order valence-corrected chi connectivity index (χ3v) is 1.77. The minimum Gasteiger partial charge on any atom is -0.476 e. The van der Waals surface area contributed by atoms with Crippen molar-refractivity contribution in [2.45, 2.75) is 6.61 Å². The molecule has 0 aliphatic carbocycles. The van der Waals surface area contributed by atoms with Crippen LogP contribution in [0.2, 0.25) is 0 Å². The number of benzene rings is 1. The molecular weight excluding hydrogens is 234 g/mol. The van der Waals surface area contributed by atoms with Crippen LogP contribution in [0.25, 0.3) is 0 Å². The molecule has 6 heteroatoms. The van der Waals surface area contributed by atoms with Crippen molar-refractivity contribution in [3.05, 3.63) is 47.5 Å². The Hall–Kier alpha value is -2.24. The highest BCUT2D eigenvalue weighted by molar-refractivity contribution is 5.96. The fraction of sp³-hybridized carbons (Fsp3) is 0.0909. The molecule has 17 heavy (non-hydrogen) atoms. The predicted octanol–water partition coefficient (Wildman–Crippen LogP) is 1.97. The van der Waals surface area contributed by atoms with E-state index in [0.29, 0.717) is 5.56 Å². The number of hydrogen-bond donors (Lipinski definition) is 1. The van der Waals surface area contributed by atoms with Gasteiger partial charge < -0.3 is 9.84 Å². The van der Waals surface area contributed by atoms with Gasteiger partial charge in [0, 0.05) is 0 Å². The lowest BCUT2D eigenvalue weighted by molar-refractivity contribution is -0.143. The molecule has 0 unspecified atom stereocenters. The van der Waals surface area contributed by atoms with Gasteiger partial charge in [-0.05, 0) is 5.56 Å². The Labute approximate surface area is 95.1 Å². The second-order valence-electron chi connectivity index (χ2n) is 2.99. The summed E-state index contributed by atoms with van der Waals surface area (Å²) in [5, 5.41) is 8.11. The summed E-state index contributed by atoms with van der Waals surface area (Å²) >= 11 is 0. The number of rotatable bonds is 4. The maximum atomic E-state index is 12.8. The molecule has 0 heterocycles. The number of hydrogen-bond acceptors (Lipinski definition) is 3. The lowest BCUT2D eigenvalue weighted by atomic mass is 10.2. The van der Waals surface area contributed by atoms with E-state index in [2.05, 4.69) is 4.74 Å². The average molecular weight is 242 g/mol. The first kappa shape index (κ1) is 12.8. The molecule has 0 fully saturated rings. The number of carboxylic acids is 1. The molecule has 0 spiro atoms. The van der Waals surface area contributed by atoms with Crippen molar-refractivity contribution in [1.29, 1.82) is 0 Å². The van der Waals surface area contributed by atoms with Crippen LogP contribution in [0.3, 0.4) is 0 Å². The molecule has 0 amide bonds. The van der Waals surface area contributed by atoms with Crippen molar-refractivity contribution in [3.63, 3.8) is 0 Å².